The number of nitrogens with one attached hydrogen (secondary N) is 2. The minimum Gasteiger partial charge on any atom is -0.459 e. The lowest BCUT2D eigenvalue weighted by molar-refractivity contribution is -0.132. The number of thioether (sulfide) groups is 1. The monoisotopic (exact) mass is 414 g/mol. The normalized spacial score (nSPS) is 11.9. The summed E-state index contributed by atoms with van der Waals surface area (Å²) in [5.41, 5.74) is 0.314. The summed E-state index contributed by atoms with van der Waals surface area (Å²) in [6.45, 7) is 0.116. The first-order chi connectivity index (χ1) is 14.0. The van der Waals surface area contributed by atoms with Crippen LogP contribution in [0.1, 0.15) is 22.8 Å². The van der Waals surface area contributed by atoms with Gasteiger partial charge in [0.05, 0.1) is 23.7 Å². The molecule has 0 unspecified atom stereocenters. The number of hydrogen-bond acceptors (Lipinski definition) is 6. The van der Waals surface area contributed by atoms with Crippen molar-refractivity contribution in [3.63, 3.8) is 0 Å². The average molecular weight is 414 g/mol. The zero-order chi connectivity index (χ0) is 20.8. The third-order valence-electron chi connectivity index (χ3n) is 4.38. The van der Waals surface area contributed by atoms with E-state index in [1.54, 1.807) is 55.2 Å². The highest BCUT2D eigenvalue weighted by molar-refractivity contribution is 7.98. The molecular weight excluding hydrogens is 392 g/mol. The molecule has 0 radical (unpaired) electrons. The number of aromatic nitrogens is 2. The summed E-state index contributed by atoms with van der Waals surface area (Å²) in [4.78, 5) is 46.1. The van der Waals surface area contributed by atoms with Crippen molar-refractivity contribution in [2.45, 2.75) is 19.0 Å². The van der Waals surface area contributed by atoms with Gasteiger partial charge in [-0.15, -0.1) is 0 Å². The van der Waals surface area contributed by atoms with E-state index in [0.717, 1.165) is 0 Å². The van der Waals surface area contributed by atoms with Crippen molar-refractivity contribution in [3.05, 3.63) is 64.6 Å². The molecule has 0 saturated carbocycles. The molecule has 2 N–H and O–H groups in total. The maximum atomic E-state index is 13.0. The lowest BCUT2D eigenvalue weighted by atomic mass is 10.2. The smallest absolute Gasteiger partial charge is 0.287 e. The topological polar surface area (TPSA) is 108 Å². The number of fused-ring (bicyclic) bond motifs is 1. The SMILES string of the molecule is CSCC[C@H](NC(=O)c1ccco1)C(=O)N(C)Cc1nc2ccccc2c(=O)[nH]1. The molecule has 1 atom stereocenters. The van der Waals surface area contributed by atoms with E-state index in [9.17, 15) is 14.4 Å². The molecule has 3 aromatic rings. The molecule has 29 heavy (non-hydrogen) atoms. The molecule has 9 heteroatoms. The largest absolute Gasteiger partial charge is 0.459 e. The van der Waals surface area contributed by atoms with E-state index in [-0.39, 0.29) is 23.8 Å². The van der Waals surface area contributed by atoms with Gasteiger partial charge < -0.3 is 19.6 Å². The van der Waals surface area contributed by atoms with Crippen LogP contribution in [0, 0.1) is 0 Å². The minimum absolute atomic E-state index is 0.116. The number of aromatic amines is 1. The third kappa shape index (κ3) is 5.05. The van der Waals surface area contributed by atoms with Gasteiger partial charge in [-0.25, -0.2) is 4.98 Å². The summed E-state index contributed by atoms with van der Waals surface area (Å²) >= 11 is 1.59. The number of para-hydroxylation sites is 1. The number of amides is 2. The van der Waals surface area contributed by atoms with Gasteiger partial charge in [0.25, 0.3) is 11.5 Å². The second-order valence-electron chi connectivity index (χ2n) is 6.51. The molecular formula is C20H22N4O4S. The second kappa shape index (κ2) is 9.42. The molecule has 0 saturated heterocycles. The first kappa shape index (κ1) is 20.7. The summed E-state index contributed by atoms with van der Waals surface area (Å²) in [6.07, 6.45) is 3.81. The Labute approximate surface area is 171 Å². The molecule has 0 aliphatic rings. The van der Waals surface area contributed by atoms with Gasteiger partial charge in [0, 0.05) is 7.05 Å². The van der Waals surface area contributed by atoms with Crippen LogP contribution in [0.5, 0.6) is 0 Å². The van der Waals surface area contributed by atoms with E-state index in [1.807, 2.05) is 6.26 Å². The maximum absolute atomic E-state index is 13.0. The van der Waals surface area contributed by atoms with Gasteiger partial charge in [0.2, 0.25) is 5.91 Å². The summed E-state index contributed by atoms with van der Waals surface area (Å²) in [5, 5.41) is 3.23. The number of H-pyrrole nitrogens is 1. The molecule has 2 aromatic heterocycles. The van der Waals surface area contributed by atoms with E-state index < -0.39 is 11.9 Å². The molecule has 152 valence electrons. The van der Waals surface area contributed by atoms with Gasteiger partial charge in [-0.05, 0) is 42.7 Å². The van der Waals surface area contributed by atoms with Crippen LogP contribution in [-0.2, 0) is 11.3 Å². The first-order valence-electron chi connectivity index (χ1n) is 9.06. The molecule has 0 fully saturated rings. The third-order valence-corrected chi connectivity index (χ3v) is 5.03. The molecule has 0 aliphatic carbocycles. The summed E-state index contributed by atoms with van der Waals surface area (Å²) in [5.74, 6) is 0.517. The van der Waals surface area contributed by atoms with Crippen molar-refractivity contribution in [1.29, 1.82) is 0 Å². The summed E-state index contributed by atoms with van der Waals surface area (Å²) < 4.78 is 5.10. The van der Waals surface area contributed by atoms with Gasteiger partial charge >= 0.3 is 0 Å². The molecule has 0 aliphatic heterocycles. The number of benzene rings is 1. The van der Waals surface area contributed by atoms with E-state index in [2.05, 4.69) is 15.3 Å². The van der Waals surface area contributed by atoms with Gasteiger partial charge in [0.1, 0.15) is 11.9 Å². The van der Waals surface area contributed by atoms with Crippen molar-refractivity contribution >= 4 is 34.5 Å². The Bertz CT molecular complexity index is 1050. The molecule has 2 amide bonds. The Morgan fingerprint density at radius 3 is 2.79 bits per heavy atom. The quantitative estimate of drug-likeness (QED) is 0.584. The molecule has 8 nitrogen and oxygen atoms in total. The van der Waals surface area contributed by atoms with E-state index in [1.165, 1.54) is 11.2 Å². The highest BCUT2D eigenvalue weighted by Gasteiger charge is 2.25. The van der Waals surface area contributed by atoms with Crippen molar-refractivity contribution in [1.82, 2.24) is 20.2 Å². The molecule has 1 aromatic carbocycles. The molecule has 0 spiro atoms. The predicted octanol–water partition coefficient (Wildman–Crippen LogP) is 2.03. The van der Waals surface area contributed by atoms with Crippen LogP contribution in [-0.4, -0.2) is 51.8 Å². The Morgan fingerprint density at radius 1 is 1.28 bits per heavy atom. The number of nitrogens with zero attached hydrogens (tertiary/aromatic N) is 2. The number of hydrogen-bond donors (Lipinski definition) is 2. The van der Waals surface area contributed by atoms with Crippen LogP contribution >= 0.6 is 11.8 Å². The van der Waals surface area contributed by atoms with Crippen molar-refractivity contribution in [2.24, 2.45) is 0 Å². The highest BCUT2D eigenvalue weighted by atomic mass is 32.2. The Hall–Kier alpha value is -3.07. The number of furan rings is 1. The molecule has 0 bridgehead atoms. The maximum Gasteiger partial charge on any atom is 0.287 e. The number of carbonyl (C=O) groups excluding carboxylic acids is 2. The van der Waals surface area contributed by atoms with Gasteiger partial charge in [-0.2, -0.15) is 11.8 Å². The van der Waals surface area contributed by atoms with Crippen molar-refractivity contribution in [2.75, 3.05) is 19.1 Å². The summed E-state index contributed by atoms with van der Waals surface area (Å²) in [6, 6.07) is 9.46. The van der Waals surface area contributed by atoms with E-state index in [0.29, 0.717) is 28.9 Å². The average Bonchev–Trinajstić information content (AvgIpc) is 3.25. The standard InChI is InChI=1S/C20H22N4O4S/c1-24(12-17-21-14-7-4-3-6-13(14)18(25)23-17)20(27)15(9-11-29-2)22-19(26)16-8-5-10-28-16/h3-8,10,15H,9,11-12H2,1-2H3,(H,22,26)(H,21,23,25)/t15-/m0/s1. The number of carbonyl (C=O) groups is 2. The van der Waals surface area contributed by atoms with Crippen LogP contribution in [0.2, 0.25) is 0 Å². The van der Waals surface area contributed by atoms with E-state index >= 15 is 0 Å². The number of rotatable bonds is 8. The predicted molar refractivity (Wildman–Crippen MR) is 112 cm³/mol. The van der Waals surface area contributed by atoms with Gasteiger partial charge in [-0.3, -0.25) is 14.4 Å². The zero-order valence-corrected chi connectivity index (χ0v) is 17.0. The van der Waals surface area contributed by atoms with Crippen LogP contribution < -0.4 is 10.9 Å². The van der Waals surface area contributed by atoms with Gasteiger partial charge in [-0.1, -0.05) is 12.1 Å². The molecule has 2 heterocycles. The van der Waals surface area contributed by atoms with E-state index in [4.69, 9.17) is 4.42 Å². The highest BCUT2D eigenvalue weighted by Crippen LogP contribution is 2.10. The Kier molecular flexibility index (Phi) is 6.71. The zero-order valence-electron chi connectivity index (χ0n) is 16.2. The van der Waals surface area contributed by atoms with Crippen LogP contribution in [0.3, 0.4) is 0 Å². The van der Waals surface area contributed by atoms with Crippen LogP contribution in [0.25, 0.3) is 10.9 Å². The lowest BCUT2D eigenvalue weighted by Crippen LogP contribution is -2.47. The molecule has 3 rings (SSSR count). The van der Waals surface area contributed by atoms with Crippen LogP contribution in [0.15, 0.2) is 51.9 Å². The van der Waals surface area contributed by atoms with Crippen molar-refractivity contribution in [3.8, 4) is 0 Å². The fourth-order valence-corrected chi connectivity index (χ4v) is 3.38. The van der Waals surface area contributed by atoms with Crippen LogP contribution in [0.4, 0.5) is 0 Å². The minimum atomic E-state index is -0.711. The Morgan fingerprint density at radius 2 is 2.07 bits per heavy atom. The fourth-order valence-electron chi connectivity index (χ4n) is 2.91. The fraction of sp³-hybridized carbons (Fsp3) is 0.300. The number of likely N-dealkylation sites (N-methyl/N-ethyl adjacent to an activating group) is 1. The lowest BCUT2D eigenvalue weighted by Gasteiger charge is -2.24. The van der Waals surface area contributed by atoms with Crippen molar-refractivity contribution < 1.29 is 14.0 Å². The first-order valence-corrected chi connectivity index (χ1v) is 10.4. The van der Waals surface area contributed by atoms with Gasteiger partial charge in [0.15, 0.2) is 5.76 Å². The summed E-state index contributed by atoms with van der Waals surface area (Å²) in [7, 11) is 1.61. The second-order valence-corrected chi connectivity index (χ2v) is 7.49. The Balaban J connectivity index is 1.74.